The van der Waals surface area contributed by atoms with Crippen LogP contribution in [0.4, 0.5) is 35.0 Å². The van der Waals surface area contributed by atoms with Crippen molar-refractivity contribution in [3.05, 3.63) is 53.6 Å². The molecule has 13 nitrogen and oxygen atoms in total. The number of benzene rings is 2. The van der Waals surface area contributed by atoms with Gasteiger partial charge < -0.3 is 25.4 Å². The van der Waals surface area contributed by atoms with E-state index in [1.165, 1.54) is 6.07 Å². The lowest BCUT2D eigenvalue weighted by molar-refractivity contribution is -0.137. The molecule has 0 bridgehead atoms. The number of thiocarbonyl (C=S) groups is 1. The number of alkyl halides is 3. The van der Waals surface area contributed by atoms with E-state index >= 15 is 0 Å². The monoisotopic (exact) mass is 798 g/mol. The molecule has 1 unspecified atom stereocenters. The maximum Gasteiger partial charge on any atom is 0.417 e. The van der Waals surface area contributed by atoms with Crippen LogP contribution in [-0.4, -0.2) is 118 Å². The number of ether oxygens (including phenoxy) is 1. The average Bonchev–Trinajstić information content (AvgIpc) is 3.32. The van der Waals surface area contributed by atoms with Gasteiger partial charge in [0.1, 0.15) is 11.8 Å². The number of carbonyl (C=O) groups is 3. The van der Waals surface area contributed by atoms with Crippen molar-refractivity contribution in [3.8, 4) is 6.07 Å². The van der Waals surface area contributed by atoms with E-state index in [0.29, 0.717) is 43.8 Å². The predicted octanol–water partition coefficient (Wildman–Crippen LogP) is 4.89. The second-order valence-corrected chi connectivity index (χ2v) is 16.0. The first-order valence-corrected chi connectivity index (χ1v) is 19.4. The van der Waals surface area contributed by atoms with Crippen LogP contribution in [0.3, 0.4) is 0 Å². The number of aliphatic hydroxyl groups excluding tert-OH is 1. The highest BCUT2D eigenvalue weighted by Gasteiger charge is 2.52. The van der Waals surface area contributed by atoms with E-state index in [1.807, 2.05) is 4.90 Å². The third-order valence-electron chi connectivity index (χ3n) is 11.3. The quantitative estimate of drug-likeness (QED) is 0.285. The molecule has 0 radical (unpaired) electrons. The van der Waals surface area contributed by atoms with Gasteiger partial charge >= 0.3 is 12.2 Å². The molecule has 1 saturated carbocycles. The second-order valence-electron chi connectivity index (χ2n) is 15.6. The van der Waals surface area contributed by atoms with Gasteiger partial charge in [-0.1, -0.05) is 0 Å². The summed E-state index contributed by atoms with van der Waals surface area (Å²) in [7, 11) is 0. The molecule has 1 aliphatic carbocycles. The van der Waals surface area contributed by atoms with E-state index in [0.717, 1.165) is 49.5 Å². The number of nitriles is 1. The molecule has 4 aliphatic rings. The van der Waals surface area contributed by atoms with Gasteiger partial charge in [0.25, 0.3) is 5.91 Å². The Morgan fingerprint density at radius 2 is 1.68 bits per heavy atom. The van der Waals surface area contributed by atoms with E-state index < -0.39 is 35.0 Å². The summed E-state index contributed by atoms with van der Waals surface area (Å²) in [5, 5.41) is 24.5. The van der Waals surface area contributed by atoms with Crippen LogP contribution in [0.1, 0.15) is 70.9 Å². The molecule has 0 spiro atoms. The minimum atomic E-state index is -4.76. The van der Waals surface area contributed by atoms with Gasteiger partial charge in [0.05, 0.1) is 42.1 Å². The van der Waals surface area contributed by atoms with Crippen LogP contribution in [0.15, 0.2) is 42.5 Å². The zero-order chi connectivity index (χ0) is 40.5. The summed E-state index contributed by atoms with van der Waals surface area (Å²) in [6.07, 6.45) is -2.24. The SMILES string of the molecule is C[C@@H]1CN(CCOC2CCC(N3C(=S)N(c4ccc(C#N)c(C(F)(F)F)c4)C(=O)C3(C)C)CC2)C[C@H](C)N1CC(=O)Nc1ccc(N2CCC(O)NC2=O)cc1. The number of anilines is 3. The number of piperazine rings is 1. The second kappa shape index (κ2) is 16.6. The van der Waals surface area contributed by atoms with Crippen molar-refractivity contribution in [1.82, 2.24) is 20.0 Å². The number of amides is 4. The Morgan fingerprint density at radius 1 is 1.04 bits per heavy atom. The molecule has 0 aromatic heterocycles. The number of carbonyl (C=O) groups excluding carboxylic acids is 3. The number of nitrogens with zero attached hydrogens (tertiary/aromatic N) is 6. The van der Waals surface area contributed by atoms with E-state index in [-0.39, 0.29) is 53.5 Å². The Balaban J connectivity index is 0.941. The number of hydrogen-bond acceptors (Lipinski definition) is 9. The molecule has 4 amide bonds. The van der Waals surface area contributed by atoms with Crippen LogP contribution in [0.5, 0.6) is 0 Å². The maximum atomic E-state index is 13.7. The molecule has 4 fully saturated rings. The lowest BCUT2D eigenvalue weighted by atomic mass is 9.89. The number of hydrogen-bond donors (Lipinski definition) is 3. The smallest absolute Gasteiger partial charge is 0.377 e. The van der Waals surface area contributed by atoms with Crippen molar-refractivity contribution in [2.24, 2.45) is 0 Å². The van der Waals surface area contributed by atoms with Gasteiger partial charge in [-0.15, -0.1) is 0 Å². The molecular formula is C39H49F3N8O5S. The van der Waals surface area contributed by atoms with Crippen LogP contribution < -0.4 is 20.4 Å². The zero-order valence-electron chi connectivity index (χ0n) is 32.0. The van der Waals surface area contributed by atoms with Crippen LogP contribution >= 0.6 is 12.2 Å². The minimum absolute atomic E-state index is 0.0111. The first-order chi connectivity index (χ1) is 26.5. The molecule has 3 N–H and O–H groups in total. The fourth-order valence-corrected chi connectivity index (χ4v) is 8.98. The van der Waals surface area contributed by atoms with Gasteiger partial charge in [0.15, 0.2) is 5.11 Å². The molecule has 3 heterocycles. The summed E-state index contributed by atoms with van der Waals surface area (Å²) in [6.45, 7) is 11.2. The Hall–Kier alpha value is -4.34. The van der Waals surface area contributed by atoms with Crippen molar-refractivity contribution in [2.75, 3.05) is 54.4 Å². The topological polar surface area (TPSA) is 145 Å². The van der Waals surface area contributed by atoms with Crippen LogP contribution in [0.25, 0.3) is 0 Å². The normalized spacial score (nSPS) is 26.3. The summed E-state index contributed by atoms with van der Waals surface area (Å²) in [6, 6.07) is 11.7. The van der Waals surface area contributed by atoms with Crippen molar-refractivity contribution in [2.45, 2.75) is 102 Å². The van der Waals surface area contributed by atoms with Crippen LogP contribution in [0.2, 0.25) is 0 Å². The highest BCUT2D eigenvalue weighted by Crippen LogP contribution is 2.40. The zero-order valence-corrected chi connectivity index (χ0v) is 32.8. The number of nitrogens with one attached hydrogen (secondary N) is 2. The highest BCUT2D eigenvalue weighted by molar-refractivity contribution is 7.80. The van der Waals surface area contributed by atoms with Crippen molar-refractivity contribution < 1.29 is 37.4 Å². The van der Waals surface area contributed by atoms with E-state index in [4.69, 9.17) is 17.0 Å². The van der Waals surface area contributed by atoms with E-state index in [1.54, 1.807) is 49.1 Å². The third kappa shape index (κ3) is 8.79. The summed E-state index contributed by atoms with van der Waals surface area (Å²) < 4.78 is 47.5. The van der Waals surface area contributed by atoms with Gasteiger partial charge in [-0.05, 0) is 108 Å². The predicted molar refractivity (Wildman–Crippen MR) is 208 cm³/mol. The number of rotatable bonds is 10. The molecular weight excluding hydrogens is 750 g/mol. The first-order valence-electron chi connectivity index (χ1n) is 19.0. The fourth-order valence-electron chi connectivity index (χ4n) is 8.42. The van der Waals surface area contributed by atoms with Gasteiger partial charge in [-0.3, -0.25) is 29.2 Å². The fraction of sp³-hybridized carbons (Fsp3) is 0.564. The average molecular weight is 799 g/mol. The third-order valence-corrected chi connectivity index (χ3v) is 11.7. The Labute approximate surface area is 330 Å². The number of aliphatic hydroxyl groups is 1. The molecule has 2 aromatic carbocycles. The summed E-state index contributed by atoms with van der Waals surface area (Å²) in [4.78, 5) is 48.0. The molecule has 3 saturated heterocycles. The highest BCUT2D eigenvalue weighted by atomic mass is 32.1. The largest absolute Gasteiger partial charge is 0.417 e. The number of urea groups is 1. The molecule has 3 atom stereocenters. The summed E-state index contributed by atoms with van der Waals surface area (Å²) in [5.41, 5.74) is -1.39. The van der Waals surface area contributed by atoms with Gasteiger partial charge in [0.2, 0.25) is 5.91 Å². The van der Waals surface area contributed by atoms with Crippen LogP contribution in [-0.2, 0) is 20.5 Å². The van der Waals surface area contributed by atoms with Crippen molar-refractivity contribution in [3.63, 3.8) is 0 Å². The van der Waals surface area contributed by atoms with Gasteiger partial charge in [-0.25, -0.2) is 4.79 Å². The Kier molecular flexibility index (Phi) is 12.3. The minimum Gasteiger partial charge on any atom is -0.377 e. The number of halogens is 3. The standard InChI is InChI=1S/C39H49F3N8O5S/c1-24-21-46(22-25(2)48(24)23-34(52)44-27-6-9-28(10-7-27)47-16-15-33(51)45-36(47)54)17-18-55-31-13-11-29(12-14-31)50-37(56)49(35(53)38(50,3)4)30-8-5-26(20-43)32(19-30)39(40,41)42/h5-10,19,24-25,29,31,33,51H,11-18,21-23H2,1-4H3,(H,44,52)(H,45,54)/t24-,25+,29?,31?,33?. The van der Waals surface area contributed by atoms with E-state index in [2.05, 4.69) is 34.3 Å². The van der Waals surface area contributed by atoms with Crippen molar-refractivity contribution >= 4 is 52.2 Å². The molecule has 302 valence electrons. The molecule has 17 heteroatoms. The molecule has 2 aromatic rings. The lowest BCUT2D eigenvalue weighted by Crippen LogP contribution is -2.58. The molecule has 56 heavy (non-hydrogen) atoms. The van der Waals surface area contributed by atoms with E-state index in [9.17, 15) is 37.9 Å². The Bertz CT molecular complexity index is 1840. The van der Waals surface area contributed by atoms with Crippen molar-refractivity contribution in [1.29, 1.82) is 5.26 Å². The molecule has 6 rings (SSSR count). The summed E-state index contributed by atoms with van der Waals surface area (Å²) >= 11 is 5.73. The summed E-state index contributed by atoms with van der Waals surface area (Å²) in [5.74, 6) is -0.537. The van der Waals surface area contributed by atoms with Gasteiger partial charge in [-0.2, -0.15) is 18.4 Å². The van der Waals surface area contributed by atoms with Gasteiger partial charge in [0, 0.05) is 62.1 Å². The first kappa shape index (κ1) is 41.3. The Morgan fingerprint density at radius 3 is 2.29 bits per heavy atom. The maximum absolute atomic E-state index is 13.7. The lowest BCUT2D eigenvalue weighted by Gasteiger charge is -2.44. The van der Waals surface area contributed by atoms with Crippen LogP contribution in [0, 0.1) is 11.3 Å². The molecule has 3 aliphatic heterocycles.